The van der Waals surface area contributed by atoms with Crippen LogP contribution in [0.2, 0.25) is 0 Å². The SMILES string of the molecule is COc1cc(OC(=O)c2ccccc2F)ccc1-c1ccc2c(c1)C(CNc1cc(F)ccc1C)=CC(C)(C)N2. The molecule has 204 valence electrons. The molecule has 4 aromatic carbocycles. The topological polar surface area (TPSA) is 59.6 Å². The smallest absolute Gasteiger partial charge is 0.346 e. The highest BCUT2D eigenvalue weighted by molar-refractivity contribution is 5.92. The highest BCUT2D eigenvalue weighted by Gasteiger charge is 2.25. The minimum absolute atomic E-state index is 0.142. The summed E-state index contributed by atoms with van der Waals surface area (Å²) in [6, 6.07) is 21.6. The van der Waals surface area contributed by atoms with Gasteiger partial charge in [0.2, 0.25) is 0 Å². The minimum Gasteiger partial charge on any atom is -0.496 e. The summed E-state index contributed by atoms with van der Waals surface area (Å²) in [5, 5.41) is 6.95. The predicted octanol–water partition coefficient (Wildman–Crippen LogP) is 7.87. The Morgan fingerprint density at radius 3 is 2.52 bits per heavy atom. The third-order valence-electron chi connectivity index (χ3n) is 6.81. The highest BCUT2D eigenvalue weighted by atomic mass is 19.1. The first-order chi connectivity index (χ1) is 19.1. The van der Waals surface area contributed by atoms with Crippen molar-refractivity contribution in [3.05, 3.63) is 113 Å². The second kappa shape index (κ2) is 10.8. The standard InChI is InChI=1S/C33H30F2N2O3/c1-20-9-11-23(34)16-30(20)36-19-22-18-33(2,3)37-29-14-10-21(15-27(22)29)25-13-12-24(17-31(25)39-4)40-32(38)26-7-5-6-8-28(26)35/h5-18,36-37H,19H2,1-4H3. The quantitative estimate of drug-likeness (QED) is 0.185. The number of halogens is 2. The maximum Gasteiger partial charge on any atom is 0.346 e. The van der Waals surface area contributed by atoms with Crippen molar-refractivity contribution in [1.82, 2.24) is 0 Å². The van der Waals surface area contributed by atoms with Gasteiger partial charge in [0, 0.05) is 35.1 Å². The summed E-state index contributed by atoms with van der Waals surface area (Å²) in [4.78, 5) is 12.5. The fourth-order valence-electron chi connectivity index (χ4n) is 4.87. The Morgan fingerprint density at radius 2 is 1.75 bits per heavy atom. The van der Waals surface area contributed by atoms with Crippen molar-refractivity contribution in [2.45, 2.75) is 26.3 Å². The average Bonchev–Trinajstić information content (AvgIpc) is 2.92. The fourth-order valence-corrected chi connectivity index (χ4v) is 4.87. The molecule has 1 heterocycles. The fraction of sp³-hybridized carbons (Fsp3) is 0.182. The molecule has 0 radical (unpaired) electrons. The number of rotatable bonds is 7. The first-order valence-electron chi connectivity index (χ1n) is 12.9. The Balaban J connectivity index is 1.44. The molecule has 1 aliphatic heterocycles. The van der Waals surface area contributed by atoms with Crippen LogP contribution in [0.15, 0.2) is 84.9 Å². The Hall–Kier alpha value is -4.65. The van der Waals surface area contributed by atoms with E-state index in [0.29, 0.717) is 12.3 Å². The monoisotopic (exact) mass is 540 g/mol. The van der Waals surface area contributed by atoms with E-state index in [2.05, 4.69) is 36.6 Å². The molecule has 0 spiro atoms. The van der Waals surface area contributed by atoms with Gasteiger partial charge in [-0.15, -0.1) is 0 Å². The first kappa shape index (κ1) is 26.9. The van der Waals surface area contributed by atoms with Crippen LogP contribution in [0, 0.1) is 18.6 Å². The number of esters is 1. The summed E-state index contributed by atoms with van der Waals surface area (Å²) in [7, 11) is 1.54. The lowest BCUT2D eigenvalue weighted by Crippen LogP contribution is -2.32. The molecule has 0 atom stereocenters. The lowest BCUT2D eigenvalue weighted by atomic mass is 9.88. The highest BCUT2D eigenvalue weighted by Crippen LogP contribution is 2.40. The third-order valence-corrected chi connectivity index (χ3v) is 6.81. The molecular weight excluding hydrogens is 510 g/mol. The normalized spacial score (nSPS) is 13.5. The van der Waals surface area contributed by atoms with Crippen LogP contribution in [0.1, 0.15) is 35.3 Å². The molecule has 2 N–H and O–H groups in total. The lowest BCUT2D eigenvalue weighted by Gasteiger charge is -2.33. The lowest BCUT2D eigenvalue weighted by molar-refractivity contribution is 0.0729. The van der Waals surface area contributed by atoms with Crippen LogP contribution in [0.3, 0.4) is 0 Å². The number of aryl methyl sites for hydroxylation is 1. The molecule has 0 aliphatic carbocycles. The molecule has 4 aromatic rings. The average molecular weight is 541 g/mol. The molecule has 0 unspecified atom stereocenters. The summed E-state index contributed by atoms with van der Waals surface area (Å²) in [5.74, 6) is -0.975. The Kier molecular flexibility index (Phi) is 7.30. The molecule has 0 aromatic heterocycles. The van der Waals surface area contributed by atoms with Crippen molar-refractivity contribution in [2.24, 2.45) is 0 Å². The number of methoxy groups -OCH3 is 1. The zero-order chi connectivity index (χ0) is 28.4. The number of fused-ring (bicyclic) bond motifs is 1. The van der Waals surface area contributed by atoms with Crippen LogP contribution in [0.5, 0.6) is 11.5 Å². The van der Waals surface area contributed by atoms with Gasteiger partial charge in [0.05, 0.1) is 18.2 Å². The van der Waals surface area contributed by atoms with Crippen LogP contribution >= 0.6 is 0 Å². The van der Waals surface area contributed by atoms with Gasteiger partial charge in [0.15, 0.2) is 0 Å². The number of benzene rings is 4. The van der Waals surface area contributed by atoms with Gasteiger partial charge in [-0.2, -0.15) is 0 Å². The van der Waals surface area contributed by atoms with Crippen LogP contribution in [-0.2, 0) is 0 Å². The summed E-state index contributed by atoms with van der Waals surface area (Å²) in [5.41, 5.74) is 6.06. The van der Waals surface area contributed by atoms with E-state index in [1.165, 1.54) is 30.3 Å². The van der Waals surface area contributed by atoms with E-state index >= 15 is 0 Å². The van der Waals surface area contributed by atoms with Gasteiger partial charge in [0.25, 0.3) is 0 Å². The summed E-state index contributed by atoms with van der Waals surface area (Å²) in [6.07, 6.45) is 2.17. The molecule has 1 aliphatic rings. The van der Waals surface area contributed by atoms with Gasteiger partial charge < -0.3 is 20.1 Å². The largest absolute Gasteiger partial charge is 0.496 e. The maximum absolute atomic E-state index is 14.0. The van der Waals surface area contributed by atoms with Gasteiger partial charge in [-0.25, -0.2) is 13.6 Å². The van der Waals surface area contributed by atoms with Crippen molar-refractivity contribution in [3.8, 4) is 22.6 Å². The van der Waals surface area contributed by atoms with E-state index in [1.54, 1.807) is 31.4 Å². The Bertz CT molecular complexity index is 1630. The van der Waals surface area contributed by atoms with Crippen LogP contribution in [-0.4, -0.2) is 25.2 Å². The molecule has 0 fully saturated rings. The summed E-state index contributed by atoms with van der Waals surface area (Å²) in [6.45, 7) is 6.65. The summed E-state index contributed by atoms with van der Waals surface area (Å²) < 4.78 is 39.0. The van der Waals surface area contributed by atoms with E-state index in [4.69, 9.17) is 9.47 Å². The molecule has 0 amide bonds. The van der Waals surface area contributed by atoms with Gasteiger partial charge in [-0.3, -0.25) is 0 Å². The van der Waals surface area contributed by atoms with E-state index in [0.717, 1.165) is 39.2 Å². The number of ether oxygens (including phenoxy) is 2. The van der Waals surface area contributed by atoms with E-state index < -0.39 is 11.8 Å². The van der Waals surface area contributed by atoms with Gasteiger partial charge in [-0.05, 0) is 86.0 Å². The number of hydrogen-bond donors (Lipinski definition) is 2. The van der Waals surface area contributed by atoms with Crippen molar-refractivity contribution < 1.29 is 23.0 Å². The molecule has 0 bridgehead atoms. The molecule has 7 heteroatoms. The molecule has 5 nitrogen and oxygen atoms in total. The van der Waals surface area contributed by atoms with Crippen molar-refractivity contribution >= 4 is 22.9 Å². The third kappa shape index (κ3) is 5.69. The second-order valence-electron chi connectivity index (χ2n) is 10.3. The predicted molar refractivity (Wildman–Crippen MR) is 155 cm³/mol. The number of carbonyl (C=O) groups excluding carboxylic acids is 1. The molecule has 0 saturated heterocycles. The number of hydrogen-bond acceptors (Lipinski definition) is 5. The molecule has 0 saturated carbocycles. The Morgan fingerprint density at radius 1 is 0.950 bits per heavy atom. The molecule has 5 rings (SSSR count). The van der Waals surface area contributed by atoms with Crippen molar-refractivity contribution in [2.75, 3.05) is 24.3 Å². The van der Waals surface area contributed by atoms with Crippen LogP contribution in [0.4, 0.5) is 20.2 Å². The maximum atomic E-state index is 14.0. The van der Waals surface area contributed by atoms with Crippen molar-refractivity contribution in [1.29, 1.82) is 0 Å². The zero-order valence-electron chi connectivity index (χ0n) is 22.8. The zero-order valence-corrected chi connectivity index (χ0v) is 22.8. The number of nitrogens with one attached hydrogen (secondary N) is 2. The van der Waals surface area contributed by atoms with Crippen molar-refractivity contribution in [3.63, 3.8) is 0 Å². The van der Waals surface area contributed by atoms with Gasteiger partial charge in [0.1, 0.15) is 23.1 Å². The van der Waals surface area contributed by atoms with Gasteiger partial charge in [-0.1, -0.05) is 30.3 Å². The second-order valence-corrected chi connectivity index (χ2v) is 10.3. The number of anilines is 2. The van der Waals surface area contributed by atoms with E-state index in [-0.39, 0.29) is 22.7 Å². The van der Waals surface area contributed by atoms with Crippen LogP contribution < -0.4 is 20.1 Å². The minimum atomic E-state index is -0.786. The molecular formula is C33H30F2N2O3. The number of carbonyl (C=O) groups is 1. The van der Waals surface area contributed by atoms with E-state index in [1.807, 2.05) is 25.1 Å². The Labute approximate surface area is 232 Å². The van der Waals surface area contributed by atoms with Gasteiger partial charge >= 0.3 is 5.97 Å². The van der Waals surface area contributed by atoms with Crippen LogP contribution in [0.25, 0.3) is 16.7 Å². The van der Waals surface area contributed by atoms with E-state index in [9.17, 15) is 13.6 Å². The molecule has 40 heavy (non-hydrogen) atoms. The summed E-state index contributed by atoms with van der Waals surface area (Å²) >= 11 is 0. The first-order valence-corrected chi connectivity index (χ1v) is 12.9.